The van der Waals surface area contributed by atoms with Gasteiger partial charge in [0.2, 0.25) is 0 Å². The van der Waals surface area contributed by atoms with Crippen LogP contribution in [-0.2, 0) is 37.0 Å². The Morgan fingerprint density at radius 3 is 2.19 bits per heavy atom. The van der Waals surface area contributed by atoms with Crippen LogP contribution in [0.4, 0.5) is 8.78 Å². The Kier molecular flexibility index (Phi) is 14.3. The van der Waals surface area contributed by atoms with Crippen LogP contribution >= 0.6 is 0 Å². The number of benzene rings is 6. The van der Waals surface area contributed by atoms with Crippen LogP contribution in [0.5, 0.6) is 11.5 Å². The Morgan fingerprint density at radius 2 is 1.54 bits per heavy atom. The molecule has 354 valence electrons. The quantitative estimate of drug-likeness (QED) is 0.0479. The standard InChI is InChI=1S/C56H55F2N3O6SSi/c1-7-16-51(41-18-15-17-40(35-41)25-30-54(62)65-8-2)61-52(31-33-59-61)47-36-42(26-29-49(47)57)67-55-48(38-66-69(56(4,5)6,44-19-11-9-12-20-44)45-21-13-10-14-22-45)46-32-34-60(53(46)37-50(55)58)68(63,64)43-27-23-39(3)24-28-43/h7,9-15,17-24,26-29,31-37,51H,1,8,16,25,30,38H2,2-6H3. The molecule has 0 saturated heterocycles. The second-order valence-corrected chi connectivity index (χ2v) is 24.1. The highest BCUT2D eigenvalue weighted by Crippen LogP contribution is 2.42. The van der Waals surface area contributed by atoms with Crippen molar-refractivity contribution in [3.63, 3.8) is 0 Å². The van der Waals surface area contributed by atoms with E-state index in [1.165, 1.54) is 36.5 Å². The number of aryl methyl sites for hydroxylation is 2. The van der Waals surface area contributed by atoms with Gasteiger partial charge in [0.05, 0.1) is 35.4 Å². The lowest BCUT2D eigenvalue weighted by molar-refractivity contribution is -0.143. The molecule has 0 radical (unpaired) electrons. The second kappa shape index (κ2) is 20.3. The maximum absolute atomic E-state index is 17.2. The number of hydrogen-bond acceptors (Lipinski definition) is 7. The van der Waals surface area contributed by atoms with Gasteiger partial charge in [0.25, 0.3) is 18.3 Å². The van der Waals surface area contributed by atoms with Gasteiger partial charge in [-0.05, 0) is 95.7 Å². The maximum Gasteiger partial charge on any atom is 0.306 e. The normalized spacial score (nSPS) is 12.5. The van der Waals surface area contributed by atoms with Crippen LogP contribution in [0.15, 0.2) is 176 Å². The molecule has 13 heteroatoms. The monoisotopic (exact) mass is 963 g/mol. The van der Waals surface area contributed by atoms with E-state index in [-0.39, 0.29) is 52.0 Å². The van der Waals surface area contributed by atoms with Gasteiger partial charge >= 0.3 is 5.97 Å². The summed E-state index contributed by atoms with van der Waals surface area (Å²) in [4.78, 5) is 12.2. The summed E-state index contributed by atoms with van der Waals surface area (Å²) in [5.41, 5.74) is 3.67. The molecule has 9 nitrogen and oxygen atoms in total. The summed E-state index contributed by atoms with van der Waals surface area (Å²) in [5, 5.41) is 6.60. The Balaban J connectivity index is 1.23. The Morgan fingerprint density at radius 1 is 0.841 bits per heavy atom. The van der Waals surface area contributed by atoms with Gasteiger partial charge in [-0.15, -0.1) is 6.58 Å². The van der Waals surface area contributed by atoms with Crippen molar-refractivity contribution in [2.45, 2.75) is 76.5 Å². The first-order valence-electron chi connectivity index (χ1n) is 22.9. The number of halogens is 2. The Hall–Kier alpha value is -6.93. The zero-order valence-electron chi connectivity index (χ0n) is 39.4. The minimum Gasteiger partial charge on any atom is -0.466 e. The summed E-state index contributed by atoms with van der Waals surface area (Å²) in [5.74, 6) is -1.75. The van der Waals surface area contributed by atoms with Gasteiger partial charge in [0.1, 0.15) is 11.6 Å². The van der Waals surface area contributed by atoms with Gasteiger partial charge in [-0.2, -0.15) is 5.10 Å². The number of allylic oxidation sites excluding steroid dienone is 1. The van der Waals surface area contributed by atoms with Gasteiger partial charge < -0.3 is 13.9 Å². The largest absolute Gasteiger partial charge is 0.466 e. The lowest BCUT2D eigenvalue weighted by Gasteiger charge is -2.43. The molecule has 0 spiro atoms. The van der Waals surface area contributed by atoms with Gasteiger partial charge in [-0.25, -0.2) is 21.2 Å². The number of carbonyl (C=O) groups excluding carboxylic acids is 1. The molecule has 8 rings (SSSR count). The molecule has 1 unspecified atom stereocenters. The van der Waals surface area contributed by atoms with Crippen LogP contribution < -0.4 is 15.1 Å². The van der Waals surface area contributed by atoms with Crippen molar-refractivity contribution in [3.8, 4) is 22.8 Å². The number of rotatable bonds is 18. The van der Waals surface area contributed by atoms with Crippen LogP contribution in [-0.4, -0.2) is 43.1 Å². The van der Waals surface area contributed by atoms with Crippen LogP contribution in [0.3, 0.4) is 0 Å². The zero-order valence-corrected chi connectivity index (χ0v) is 41.2. The molecule has 2 aromatic heterocycles. The smallest absolute Gasteiger partial charge is 0.306 e. The van der Waals surface area contributed by atoms with E-state index in [2.05, 4.69) is 56.7 Å². The molecule has 0 aliphatic rings. The van der Waals surface area contributed by atoms with Crippen molar-refractivity contribution in [2.24, 2.45) is 0 Å². The molecule has 0 N–H and O–H groups in total. The van der Waals surface area contributed by atoms with Crippen molar-refractivity contribution < 1.29 is 35.9 Å². The molecule has 0 aliphatic heterocycles. The molecule has 8 aromatic rings. The third-order valence-corrected chi connectivity index (χ3v) is 19.1. The first-order valence-corrected chi connectivity index (χ1v) is 26.3. The summed E-state index contributed by atoms with van der Waals surface area (Å²) in [6.07, 6.45) is 5.94. The lowest BCUT2D eigenvalue weighted by atomic mass is 9.98. The summed E-state index contributed by atoms with van der Waals surface area (Å²) in [7, 11) is -7.43. The van der Waals surface area contributed by atoms with Crippen molar-refractivity contribution in [1.29, 1.82) is 0 Å². The SMILES string of the molecule is C=CCC(c1cccc(CCC(=O)OCC)c1)n1nccc1-c1cc(Oc2c(F)cc3c(ccn3S(=O)(=O)c3ccc(C)cc3)c2CO[Si](c2ccccc2)(c2ccccc2)C(C)(C)C)ccc1F. The zero-order chi connectivity index (χ0) is 48.9. The Bertz CT molecular complexity index is 3180. The van der Waals surface area contributed by atoms with Crippen molar-refractivity contribution >= 4 is 45.6 Å². The first-order chi connectivity index (χ1) is 33.2. The molecule has 69 heavy (non-hydrogen) atoms. The Labute approximate surface area is 403 Å². The summed E-state index contributed by atoms with van der Waals surface area (Å²) >= 11 is 0. The molecule has 6 aromatic carbocycles. The third kappa shape index (κ3) is 9.85. The minimum absolute atomic E-state index is 0.0477. The molecular weight excluding hydrogens is 909 g/mol. The van der Waals surface area contributed by atoms with Gasteiger partial charge in [-0.1, -0.05) is 129 Å². The topological polar surface area (TPSA) is 102 Å². The number of hydrogen-bond donors (Lipinski definition) is 0. The molecule has 0 aliphatic carbocycles. The molecule has 0 fully saturated rings. The van der Waals surface area contributed by atoms with E-state index in [0.717, 1.165) is 37.1 Å². The fourth-order valence-electron chi connectivity index (χ4n) is 9.13. The number of esters is 1. The minimum atomic E-state index is -4.18. The van der Waals surface area contributed by atoms with Crippen molar-refractivity contribution in [1.82, 2.24) is 13.8 Å². The van der Waals surface area contributed by atoms with E-state index >= 15 is 8.78 Å². The van der Waals surface area contributed by atoms with E-state index in [4.69, 9.17) is 13.9 Å². The number of aromatic nitrogens is 3. The molecule has 2 heterocycles. The van der Waals surface area contributed by atoms with Crippen molar-refractivity contribution in [2.75, 3.05) is 6.61 Å². The number of nitrogens with zero attached hydrogens (tertiary/aromatic N) is 3. The predicted molar refractivity (Wildman–Crippen MR) is 270 cm³/mol. The molecule has 0 bridgehead atoms. The molecular formula is C56H55F2N3O6SSi. The molecule has 1 atom stereocenters. The predicted octanol–water partition coefficient (Wildman–Crippen LogP) is 11.9. The molecule has 0 saturated carbocycles. The average Bonchev–Trinajstić information content (AvgIpc) is 4.00. The first kappa shape index (κ1) is 48.5. The fourth-order valence-corrected chi connectivity index (χ4v) is 15.0. The highest BCUT2D eigenvalue weighted by Gasteiger charge is 2.50. The number of ether oxygens (including phenoxy) is 2. The third-order valence-electron chi connectivity index (χ3n) is 12.4. The summed E-state index contributed by atoms with van der Waals surface area (Å²) in [6, 6.07) is 42.6. The number of carbonyl (C=O) groups is 1. The van der Waals surface area contributed by atoms with Gasteiger partial charge in [-0.3, -0.25) is 9.48 Å². The lowest BCUT2D eigenvalue weighted by Crippen LogP contribution is -2.66. The van der Waals surface area contributed by atoms with Crippen LogP contribution in [0.25, 0.3) is 22.2 Å². The van der Waals surface area contributed by atoms with Crippen LogP contribution in [0, 0.1) is 18.6 Å². The van der Waals surface area contributed by atoms with Gasteiger partial charge in [0.15, 0.2) is 11.6 Å². The van der Waals surface area contributed by atoms with Crippen molar-refractivity contribution in [3.05, 3.63) is 205 Å². The molecule has 0 amide bonds. The summed E-state index contributed by atoms with van der Waals surface area (Å²) in [6.45, 7) is 14.2. The van der Waals surface area contributed by atoms with Crippen LogP contribution in [0.2, 0.25) is 5.04 Å². The van der Waals surface area contributed by atoms with E-state index in [1.54, 1.807) is 48.1 Å². The van der Waals surface area contributed by atoms with E-state index < -0.39 is 41.1 Å². The summed E-state index contributed by atoms with van der Waals surface area (Å²) < 4.78 is 83.8. The van der Waals surface area contributed by atoms with E-state index in [0.29, 0.717) is 30.5 Å². The maximum atomic E-state index is 17.2. The van der Waals surface area contributed by atoms with Crippen LogP contribution in [0.1, 0.15) is 68.8 Å². The van der Waals surface area contributed by atoms with E-state index in [9.17, 15) is 13.2 Å². The van der Waals surface area contributed by atoms with Gasteiger partial charge in [0, 0.05) is 41.4 Å². The van der Waals surface area contributed by atoms with E-state index in [1.807, 2.05) is 67.6 Å². The average molecular weight is 964 g/mol. The highest BCUT2D eigenvalue weighted by molar-refractivity contribution is 7.90. The fraction of sp³-hybridized carbons (Fsp3) is 0.214. The number of fused-ring (bicyclic) bond motifs is 1. The second-order valence-electron chi connectivity index (χ2n) is 18.0. The highest BCUT2D eigenvalue weighted by atomic mass is 32.2.